The van der Waals surface area contributed by atoms with E-state index in [9.17, 15) is 4.79 Å². The van der Waals surface area contributed by atoms with Gasteiger partial charge in [-0.25, -0.2) is 0 Å². The molecule has 0 aromatic heterocycles. The van der Waals surface area contributed by atoms with Gasteiger partial charge in [0.25, 0.3) is 0 Å². The molecule has 0 aliphatic rings. The fourth-order valence-electron chi connectivity index (χ4n) is 2.03. The first-order valence-electron chi connectivity index (χ1n) is 6.51. The van der Waals surface area contributed by atoms with Crippen LogP contribution in [0.25, 0.3) is 0 Å². The van der Waals surface area contributed by atoms with Crippen molar-refractivity contribution in [1.29, 1.82) is 0 Å². The molecule has 0 saturated heterocycles. The number of hydrogen-bond donors (Lipinski definition) is 1. The molecule has 2 nitrogen and oxygen atoms in total. The molecular weight excluding hydrogens is 210 g/mol. The lowest BCUT2D eigenvalue weighted by Gasteiger charge is -2.10. The van der Waals surface area contributed by atoms with Crippen molar-refractivity contribution in [1.82, 2.24) is 0 Å². The third-order valence-corrected chi connectivity index (χ3v) is 3.31. The number of carbonyl (C=O) groups is 1. The maximum atomic E-state index is 11.8. The molecule has 1 rings (SSSR count). The lowest BCUT2D eigenvalue weighted by Crippen LogP contribution is -2.08. The molecule has 0 aliphatic carbocycles. The molecule has 0 heterocycles. The Morgan fingerprint density at radius 2 is 2.00 bits per heavy atom. The Bertz CT molecular complexity index is 356. The highest BCUT2D eigenvalue weighted by Crippen LogP contribution is 2.15. The van der Waals surface area contributed by atoms with Crippen LogP contribution in [0.1, 0.15) is 45.1 Å². The van der Waals surface area contributed by atoms with E-state index in [2.05, 4.69) is 13.8 Å². The Kier molecular flexibility index (Phi) is 5.75. The van der Waals surface area contributed by atoms with E-state index in [1.165, 1.54) is 0 Å². The largest absolute Gasteiger partial charge is 0.399 e. The van der Waals surface area contributed by atoms with E-state index in [1.807, 2.05) is 24.3 Å². The molecule has 0 aliphatic heterocycles. The number of anilines is 1. The molecular formula is C15H23NO. The van der Waals surface area contributed by atoms with Gasteiger partial charge in [-0.2, -0.15) is 0 Å². The van der Waals surface area contributed by atoms with Crippen LogP contribution in [0.3, 0.4) is 0 Å². The normalized spacial score (nSPS) is 10.8. The average Bonchev–Trinajstić information content (AvgIpc) is 2.33. The van der Waals surface area contributed by atoms with E-state index < -0.39 is 0 Å². The van der Waals surface area contributed by atoms with Crippen LogP contribution < -0.4 is 5.73 Å². The summed E-state index contributed by atoms with van der Waals surface area (Å²) < 4.78 is 0. The van der Waals surface area contributed by atoms with Gasteiger partial charge in [0.2, 0.25) is 0 Å². The van der Waals surface area contributed by atoms with Gasteiger partial charge in [0, 0.05) is 18.5 Å². The first-order chi connectivity index (χ1) is 8.15. The molecule has 0 saturated carbocycles. The number of hydrogen-bond acceptors (Lipinski definition) is 2. The van der Waals surface area contributed by atoms with E-state index in [0.29, 0.717) is 18.1 Å². The van der Waals surface area contributed by atoms with Gasteiger partial charge >= 0.3 is 0 Å². The van der Waals surface area contributed by atoms with Crippen LogP contribution in [0, 0.1) is 5.92 Å². The molecule has 0 bridgehead atoms. The van der Waals surface area contributed by atoms with E-state index in [-0.39, 0.29) is 0 Å². The van der Waals surface area contributed by atoms with Crippen LogP contribution in [0.15, 0.2) is 24.3 Å². The highest BCUT2D eigenvalue weighted by atomic mass is 16.1. The summed E-state index contributed by atoms with van der Waals surface area (Å²) in [6.45, 7) is 4.30. The van der Waals surface area contributed by atoms with Crippen molar-refractivity contribution in [2.24, 2.45) is 5.92 Å². The number of aryl methyl sites for hydroxylation is 1. The first kappa shape index (κ1) is 13.8. The van der Waals surface area contributed by atoms with Gasteiger partial charge in [-0.15, -0.1) is 0 Å². The third-order valence-electron chi connectivity index (χ3n) is 3.31. The molecule has 17 heavy (non-hydrogen) atoms. The maximum Gasteiger partial charge on any atom is 0.133 e. The molecule has 94 valence electrons. The van der Waals surface area contributed by atoms with Crippen LogP contribution >= 0.6 is 0 Å². The summed E-state index contributed by atoms with van der Waals surface area (Å²) in [6.07, 6.45) is 4.38. The van der Waals surface area contributed by atoms with Gasteiger partial charge in [0.1, 0.15) is 5.78 Å². The van der Waals surface area contributed by atoms with Crippen LogP contribution in [-0.4, -0.2) is 5.78 Å². The number of nitrogen functional groups attached to an aromatic ring is 1. The Labute approximate surface area is 104 Å². The number of ketones is 1. The lowest BCUT2D eigenvalue weighted by molar-refractivity contribution is -0.120. The summed E-state index contributed by atoms with van der Waals surface area (Å²) >= 11 is 0. The Balaban J connectivity index is 2.38. The van der Waals surface area contributed by atoms with Crippen LogP contribution in [0.5, 0.6) is 0 Å². The molecule has 1 aromatic rings. The second kappa shape index (κ2) is 7.10. The molecule has 0 atom stereocenters. The summed E-state index contributed by atoms with van der Waals surface area (Å²) in [6, 6.07) is 7.79. The standard InChI is InChI=1S/C15H23NO/c1-3-12(4-2)11-15(17)9-8-13-6-5-7-14(16)10-13/h5-7,10,12H,3-4,8-9,11,16H2,1-2H3. The highest BCUT2D eigenvalue weighted by Gasteiger charge is 2.10. The van der Waals surface area contributed by atoms with Gasteiger partial charge in [-0.3, -0.25) is 4.79 Å². The number of benzene rings is 1. The Morgan fingerprint density at radius 1 is 1.29 bits per heavy atom. The van der Waals surface area contributed by atoms with Gasteiger partial charge in [-0.1, -0.05) is 38.8 Å². The van der Waals surface area contributed by atoms with Crippen LogP contribution in [0.2, 0.25) is 0 Å². The van der Waals surface area contributed by atoms with Crippen molar-refractivity contribution in [3.8, 4) is 0 Å². The second-order valence-corrected chi connectivity index (χ2v) is 4.67. The molecule has 2 N–H and O–H groups in total. The summed E-state index contributed by atoms with van der Waals surface area (Å²) in [5.41, 5.74) is 7.63. The van der Waals surface area contributed by atoms with Crippen molar-refractivity contribution < 1.29 is 4.79 Å². The third kappa shape index (κ3) is 5.03. The van der Waals surface area contributed by atoms with E-state index in [1.54, 1.807) is 0 Å². The van der Waals surface area contributed by atoms with Gasteiger partial charge < -0.3 is 5.73 Å². The predicted molar refractivity (Wildman–Crippen MR) is 72.9 cm³/mol. The fraction of sp³-hybridized carbons (Fsp3) is 0.533. The van der Waals surface area contributed by atoms with Gasteiger partial charge in [0.15, 0.2) is 0 Å². The van der Waals surface area contributed by atoms with Crippen molar-refractivity contribution >= 4 is 11.5 Å². The van der Waals surface area contributed by atoms with E-state index >= 15 is 0 Å². The minimum atomic E-state index is 0.376. The van der Waals surface area contributed by atoms with Gasteiger partial charge in [-0.05, 0) is 30.0 Å². The van der Waals surface area contributed by atoms with Crippen LogP contribution in [-0.2, 0) is 11.2 Å². The second-order valence-electron chi connectivity index (χ2n) is 4.67. The SMILES string of the molecule is CCC(CC)CC(=O)CCc1cccc(N)c1. The summed E-state index contributed by atoms with van der Waals surface area (Å²) in [5, 5.41) is 0. The monoisotopic (exact) mass is 233 g/mol. The summed E-state index contributed by atoms with van der Waals surface area (Å²) in [5.74, 6) is 0.935. The highest BCUT2D eigenvalue weighted by molar-refractivity contribution is 5.78. The minimum absolute atomic E-state index is 0.376. The number of Topliss-reactive ketones (excluding diaryl/α,β-unsaturated/α-hetero) is 1. The zero-order valence-corrected chi connectivity index (χ0v) is 10.9. The number of rotatable bonds is 7. The molecule has 0 unspecified atom stereocenters. The molecule has 2 heteroatoms. The Hall–Kier alpha value is -1.31. The number of nitrogens with two attached hydrogens (primary N) is 1. The molecule has 0 amide bonds. The van der Waals surface area contributed by atoms with Crippen LogP contribution in [0.4, 0.5) is 5.69 Å². The van der Waals surface area contributed by atoms with Crippen molar-refractivity contribution in [3.05, 3.63) is 29.8 Å². The first-order valence-corrected chi connectivity index (χ1v) is 6.51. The minimum Gasteiger partial charge on any atom is -0.399 e. The quantitative estimate of drug-likeness (QED) is 0.731. The lowest BCUT2D eigenvalue weighted by atomic mass is 9.94. The Morgan fingerprint density at radius 3 is 2.59 bits per heavy atom. The van der Waals surface area contributed by atoms with E-state index in [4.69, 9.17) is 5.73 Å². The smallest absolute Gasteiger partial charge is 0.133 e. The zero-order chi connectivity index (χ0) is 12.7. The summed E-state index contributed by atoms with van der Waals surface area (Å²) in [4.78, 5) is 11.8. The zero-order valence-electron chi connectivity index (χ0n) is 10.9. The van der Waals surface area contributed by atoms with Crippen molar-refractivity contribution in [3.63, 3.8) is 0 Å². The average molecular weight is 233 g/mol. The molecule has 1 aromatic carbocycles. The number of carbonyl (C=O) groups excluding carboxylic acids is 1. The molecule has 0 spiro atoms. The van der Waals surface area contributed by atoms with Gasteiger partial charge in [0.05, 0.1) is 0 Å². The van der Waals surface area contributed by atoms with Crippen molar-refractivity contribution in [2.75, 3.05) is 5.73 Å². The van der Waals surface area contributed by atoms with E-state index in [0.717, 1.165) is 36.9 Å². The topological polar surface area (TPSA) is 43.1 Å². The fourth-order valence-corrected chi connectivity index (χ4v) is 2.03. The summed E-state index contributed by atoms with van der Waals surface area (Å²) in [7, 11) is 0. The predicted octanol–water partition coefficient (Wildman–Crippen LogP) is 3.60. The molecule has 0 fully saturated rings. The van der Waals surface area contributed by atoms with Crippen molar-refractivity contribution in [2.45, 2.75) is 46.0 Å². The molecule has 0 radical (unpaired) electrons. The maximum absolute atomic E-state index is 11.8.